The highest BCUT2D eigenvalue weighted by Gasteiger charge is 2.20. The summed E-state index contributed by atoms with van der Waals surface area (Å²) in [6.07, 6.45) is 3.54. The van der Waals surface area contributed by atoms with Crippen LogP contribution in [0.15, 0.2) is 18.5 Å². The van der Waals surface area contributed by atoms with Gasteiger partial charge in [0.15, 0.2) is 5.82 Å². The van der Waals surface area contributed by atoms with Crippen molar-refractivity contribution >= 4 is 17.5 Å². The lowest BCUT2D eigenvalue weighted by Gasteiger charge is -2.24. The molecule has 1 aliphatic heterocycles. The monoisotopic (exact) mass is 417 g/mol. The van der Waals surface area contributed by atoms with Crippen LogP contribution in [0.5, 0.6) is 11.6 Å². The van der Waals surface area contributed by atoms with Crippen LogP contribution in [0.25, 0.3) is 0 Å². The van der Waals surface area contributed by atoms with Gasteiger partial charge in [0, 0.05) is 5.69 Å². The van der Waals surface area contributed by atoms with E-state index in [1.54, 1.807) is 21.0 Å². The van der Waals surface area contributed by atoms with Crippen LogP contribution in [0.2, 0.25) is 0 Å². The lowest BCUT2D eigenvalue weighted by Crippen LogP contribution is -2.34. The summed E-state index contributed by atoms with van der Waals surface area (Å²) < 4.78 is 11.5. The van der Waals surface area contributed by atoms with E-state index in [-0.39, 0.29) is 12.0 Å². The van der Waals surface area contributed by atoms with E-state index in [9.17, 15) is 4.79 Å². The maximum atomic E-state index is 9.70. The normalized spacial score (nSPS) is 13.9. The second-order valence-corrected chi connectivity index (χ2v) is 7.33. The van der Waals surface area contributed by atoms with Crippen molar-refractivity contribution in [2.24, 2.45) is 5.92 Å². The summed E-state index contributed by atoms with van der Waals surface area (Å²) in [4.78, 5) is 22.7. The number of piperidine rings is 1. The van der Waals surface area contributed by atoms with Crippen LogP contribution >= 0.6 is 0 Å². The Balaban J connectivity index is 0.000000469. The fraction of sp³-hybridized carbons (Fsp3) is 0.524. The summed E-state index contributed by atoms with van der Waals surface area (Å²) in [6, 6.07) is 3.93. The summed E-state index contributed by atoms with van der Waals surface area (Å²) in [5.74, 6) is 0.584. The molecule has 0 atom stereocenters. The number of pyridine rings is 1. The van der Waals surface area contributed by atoms with Gasteiger partial charge < -0.3 is 25.2 Å². The van der Waals surface area contributed by atoms with Crippen LogP contribution in [0.3, 0.4) is 0 Å². The molecule has 2 aromatic rings. The predicted molar refractivity (Wildman–Crippen MR) is 115 cm³/mol. The minimum absolute atomic E-state index is 0.144. The van der Waals surface area contributed by atoms with Gasteiger partial charge in [0.2, 0.25) is 5.75 Å². The Morgan fingerprint density at radius 1 is 1.23 bits per heavy atom. The van der Waals surface area contributed by atoms with Crippen molar-refractivity contribution in [1.82, 2.24) is 20.3 Å². The van der Waals surface area contributed by atoms with E-state index in [1.165, 1.54) is 6.33 Å². The number of hydrogen-bond acceptors (Lipinski definition) is 8. The zero-order valence-corrected chi connectivity index (χ0v) is 18.2. The Bertz CT molecular complexity index is 838. The van der Waals surface area contributed by atoms with Gasteiger partial charge in [-0.2, -0.15) is 4.98 Å². The van der Waals surface area contributed by atoms with Gasteiger partial charge >= 0.3 is 5.97 Å². The van der Waals surface area contributed by atoms with Crippen molar-refractivity contribution in [1.29, 1.82) is 0 Å². The first-order chi connectivity index (χ1) is 14.3. The number of hydrogen-bond donors (Lipinski definition) is 3. The molecule has 9 heteroatoms. The molecule has 0 saturated carbocycles. The summed E-state index contributed by atoms with van der Waals surface area (Å²) in [5.41, 5.74) is 2.75. The van der Waals surface area contributed by atoms with Crippen molar-refractivity contribution in [2.45, 2.75) is 46.6 Å². The zero-order chi connectivity index (χ0) is 22.1. The van der Waals surface area contributed by atoms with E-state index >= 15 is 0 Å². The van der Waals surface area contributed by atoms with Crippen LogP contribution in [0, 0.1) is 19.8 Å². The average molecular weight is 418 g/mol. The number of rotatable bonds is 6. The van der Waals surface area contributed by atoms with Gasteiger partial charge in [-0.05, 0) is 51.9 Å². The van der Waals surface area contributed by atoms with Crippen LogP contribution in [-0.2, 0) is 4.79 Å². The van der Waals surface area contributed by atoms with Crippen LogP contribution in [-0.4, -0.2) is 52.3 Å². The molecular weight excluding hydrogens is 386 g/mol. The Morgan fingerprint density at radius 3 is 2.47 bits per heavy atom. The standard InChI is InChI=1S/C17H23N5O2.C4H8O2/c1-11-4-5-14(12(2)21-11)22-16-15(23-3)17(20-10-19-16)24-13-6-8-18-9-7-13;1-3(2)4(5)6/h4-5,10,13,18H,6-9H2,1-3H3,(H,19,20,22);3H,1-2H3,(H,5,6). The average Bonchev–Trinajstić information content (AvgIpc) is 2.71. The lowest BCUT2D eigenvalue weighted by molar-refractivity contribution is -0.140. The van der Waals surface area contributed by atoms with Crippen LogP contribution in [0.1, 0.15) is 38.1 Å². The number of aliphatic carboxylic acids is 1. The van der Waals surface area contributed by atoms with Crippen molar-refractivity contribution in [3.8, 4) is 11.6 Å². The molecule has 2 aromatic heterocycles. The van der Waals surface area contributed by atoms with E-state index < -0.39 is 5.97 Å². The number of nitrogens with zero attached hydrogens (tertiary/aromatic N) is 3. The highest BCUT2D eigenvalue weighted by Crippen LogP contribution is 2.34. The second-order valence-electron chi connectivity index (χ2n) is 7.33. The topological polar surface area (TPSA) is 118 Å². The van der Waals surface area contributed by atoms with E-state index in [4.69, 9.17) is 14.6 Å². The molecule has 0 amide bonds. The van der Waals surface area contributed by atoms with Gasteiger partial charge in [0.25, 0.3) is 5.88 Å². The van der Waals surface area contributed by atoms with Gasteiger partial charge in [-0.3, -0.25) is 9.78 Å². The van der Waals surface area contributed by atoms with Gasteiger partial charge in [0.1, 0.15) is 12.4 Å². The van der Waals surface area contributed by atoms with E-state index in [0.29, 0.717) is 17.4 Å². The molecule has 0 aliphatic carbocycles. The third kappa shape index (κ3) is 6.84. The fourth-order valence-electron chi connectivity index (χ4n) is 2.73. The van der Waals surface area contributed by atoms with Gasteiger partial charge in [0.05, 0.1) is 24.4 Å². The Hall–Kier alpha value is -2.94. The first-order valence-corrected chi connectivity index (χ1v) is 10.0. The van der Waals surface area contributed by atoms with Crippen LogP contribution < -0.4 is 20.1 Å². The summed E-state index contributed by atoms with van der Waals surface area (Å²) in [6.45, 7) is 9.11. The molecule has 3 N–H and O–H groups in total. The first kappa shape index (κ1) is 23.3. The summed E-state index contributed by atoms with van der Waals surface area (Å²) >= 11 is 0. The van der Waals surface area contributed by atoms with Crippen molar-refractivity contribution in [2.75, 3.05) is 25.5 Å². The quantitative estimate of drug-likeness (QED) is 0.651. The smallest absolute Gasteiger partial charge is 0.305 e. The van der Waals surface area contributed by atoms with Gasteiger partial charge in [-0.15, -0.1) is 0 Å². The maximum absolute atomic E-state index is 9.70. The maximum Gasteiger partial charge on any atom is 0.305 e. The first-order valence-electron chi connectivity index (χ1n) is 10.0. The molecule has 1 fully saturated rings. The number of ether oxygens (including phenoxy) is 2. The van der Waals surface area contributed by atoms with Crippen molar-refractivity contribution in [3.05, 3.63) is 29.8 Å². The third-order valence-corrected chi connectivity index (χ3v) is 4.51. The number of carbonyl (C=O) groups is 1. The minimum atomic E-state index is -0.741. The number of nitrogens with one attached hydrogen (secondary N) is 2. The molecule has 1 aliphatic rings. The predicted octanol–water partition coefficient (Wildman–Crippen LogP) is 3.10. The molecule has 3 heterocycles. The van der Waals surface area contributed by atoms with Gasteiger partial charge in [-0.1, -0.05) is 13.8 Å². The number of aryl methyl sites for hydroxylation is 2. The highest BCUT2D eigenvalue weighted by atomic mass is 16.5. The van der Waals surface area contributed by atoms with Gasteiger partial charge in [-0.25, -0.2) is 4.98 Å². The minimum Gasteiger partial charge on any atom is -0.489 e. The molecule has 9 nitrogen and oxygen atoms in total. The molecule has 30 heavy (non-hydrogen) atoms. The molecule has 0 unspecified atom stereocenters. The Kier molecular flexibility index (Phi) is 8.79. The summed E-state index contributed by atoms with van der Waals surface area (Å²) in [5, 5.41) is 14.6. The molecule has 1 saturated heterocycles. The van der Waals surface area contributed by atoms with Crippen molar-refractivity contribution < 1.29 is 19.4 Å². The molecule has 3 rings (SSSR count). The number of anilines is 2. The molecule has 164 valence electrons. The number of aromatic nitrogens is 3. The number of carboxylic acid groups (broad SMARTS) is 1. The largest absolute Gasteiger partial charge is 0.489 e. The van der Waals surface area contributed by atoms with Crippen LogP contribution in [0.4, 0.5) is 11.5 Å². The van der Waals surface area contributed by atoms with E-state index in [1.807, 2.05) is 26.0 Å². The SMILES string of the molecule is CC(C)C(=O)O.COc1c(Nc2ccc(C)nc2C)ncnc1OC1CCNCC1. The Morgan fingerprint density at radius 2 is 1.90 bits per heavy atom. The zero-order valence-electron chi connectivity index (χ0n) is 18.2. The molecule has 0 bridgehead atoms. The molecule has 0 radical (unpaired) electrons. The third-order valence-electron chi connectivity index (χ3n) is 4.51. The molecular formula is C21H31N5O4. The second kappa shape index (κ2) is 11.3. The molecule has 0 spiro atoms. The van der Waals surface area contributed by atoms with E-state index in [2.05, 4.69) is 25.6 Å². The highest BCUT2D eigenvalue weighted by molar-refractivity contribution is 5.68. The molecule has 0 aromatic carbocycles. The lowest BCUT2D eigenvalue weighted by atomic mass is 10.1. The Labute approximate surface area is 177 Å². The number of methoxy groups -OCH3 is 1. The van der Waals surface area contributed by atoms with Crippen molar-refractivity contribution in [3.63, 3.8) is 0 Å². The summed E-state index contributed by atoms with van der Waals surface area (Å²) in [7, 11) is 1.60. The fourth-order valence-corrected chi connectivity index (χ4v) is 2.73. The number of carboxylic acids is 1. The van der Waals surface area contributed by atoms with E-state index in [0.717, 1.165) is 43.0 Å².